The minimum Gasteiger partial charge on any atom is -0.395 e. The van der Waals surface area contributed by atoms with Gasteiger partial charge in [0.2, 0.25) is 0 Å². The molecule has 3 aromatic rings. The first-order valence-electron chi connectivity index (χ1n) is 9.77. The molecular weight excluding hydrogens is 409 g/mol. The van der Waals surface area contributed by atoms with E-state index in [-0.39, 0.29) is 6.61 Å². The van der Waals surface area contributed by atoms with Crippen LogP contribution in [0.25, 0.3) is 22.0 Å². The summed E-state index contributed by atoms with van der Waals surface area (Å²) in [5, 5.41) is 24.5. The summed E-state index contributed by atoms with van der Waals surface area (Å²) >= 11 is 12.7. The summed E-state index contributed by atoms with van der Waals surface area (Å²) in [6.45, 7) is 0.551. The highest BCUT2D eigenvalue weighted by Crippen LogP contribution is 2.37. The van der Waals surface area contributed by atoms with Gasteiger partial charge in [-0.15, -0.1) is 10.2 Å². The first-order chi connectivity index (χ1) is 14.1. The third-order valence-electron chi connectivity index (χ3n) is 5.36. The van der Waals surface area contributed by atoms with Crippen LogP contribution in [0.1, 0.15) is 25.7 Å². The Morgan fingerprint density at radius 2 is 1.83 bits per heavy atom. The predicted octanol–water partition coefficient (Wildman–Crippen LogP) is 4.78. The Morgan fingerprint density at radius 1 is 1.10 bits per heavy atom. The van der Waals surface area contributed by atoms with Gasteiger partial charge in [0.05, 0.1) is 16.7 Å². The number of likely N-dealkylation sites (N-methyl/N-ethyl adjacent to an activating group) is 1. The van der Waals surface area contributed by atoms with Gasteiger partial charge in [-0.1, -0.05) is 36.0 Å². The minimum absolute atomic E-state index is 0.0563. The molecule has 4 rings (SSSR count). The van der Waals surface area contributed by atoms with Gasteiger partial charge in [-0.05, 0) is 37.1 Å². The van der Waals surface area contributed by atoms with Gasteiger partial charge in [0.15, 0.2) is 5.82 Å². The molecule has 0 unspecified atom stereocenters. The minimum atomic E-state index is 0.0563. The van der Waals surface area contributed by atoms with Crippen molar-refractivity contribution in [2.45, 2.75) is 31.7 Å². The summed E-state index contributed by atoms with van der Waals surface area (Å²) in [4.78, 5) is 6.28. The van der Waals surface area contributed by atoms with E-state index < -0.39 is 0 Å². The summed E-state index contributed by atoms with van der Waals surface area (Å²) in [6.07, 6.45) is 6.46. The van der Waals surface area contributed by atoms with Crippen molar-refractivity contribution >= 4 is 45.6 Å². The van der Waals surface area contributed by atoms with Crippen LogP contribution in [0.5, 0.6) is 0 Å². The number of benzene rings is 1. The van der Waals surface area contributed by atoms with E-state index in [1.807, 2.05) is 36.2 Å². The molecule has 6 nitrogen and oxygen atoms in total. The number of fused-ring (bicyclic) bond motifs is 1. The molecule has 2 aromatic heterocycles. The molecule has 0 saturated heterocycles. The van der Waals surface area contributed by atoms with Crippen LogP contribution in [0.3, 0.4) is 0 Å². The average Bonchev–Trinajstić information content (AvgIpc) is 3.23. The van der Waals surface area contributed by atoms with Crippen molar-refractivity contribution < 1.29 is 5.11 Å². The summed E-state index contributed by atoms with van der Waals surface area (Å²) < 4.78 is 0. The number of hydrogen-bond acceptors (Lipinski definition) is 6. The molecule has 29 heavy (non-hydrogen) atoms. The fraction of sp³-hybridized carbons (Fsp3) is 0.381. The van der Waals surface area contributed by atoms with Gasteiger partial charge in [-0.2, -0.15) is 0 Å². The molecule has 1 aromatic carbocycles. The number of hydrogen-bond donors (Lipinski definition) is 2. The van der Waals surface area contributed by atoms with Gasteiger partial charge >= 0.3 is 0 Å². The Hall–Kier alpha value is -2.15. The molecule has 8 heteroatoms. The first-order valence-corrected chi connectivity index (χ1v) is 10.5. The van der Waals surface area contributed by atoms with Gasteiger partial charge in [0, 0.05) is 42.2 Å². The fourth-order valence-corrected chi connectivity index (χ4v) is 4.10. The van der Waals surface area contributed by atoms with E-state index in [0.717, 1.165) is 46.5 Å². The zero-order chi connectivity index (χ0) is 20.4. The van der Waals surface area contributed by atoms with Gasteiger partial charge in [0.25, 0.3) is 0 Å². The Morgan fingerprint density at radius 3 is 2.55 bits per heavy atom. The summed E-state index contributed by atoms with van der Waals surface area (Å²) in [6, 6.07) is 7.94. The highest BCUT2D eigenvalue weighted by Gasteiger charge is 2.19. The average molecular weight is 432 g/mol. The summed E-state index contributed by atoms with van der Waals surface area (Å²) in [7, 11) is 1.89. The zero-order valence-electron chi connectivity index (χ0n) is 16.2. The zero-order valence-corrected chi connectivity index (χ0v) is 17.7. The molecule has 0 aliphatic heterocycles. The number of nitrogens with one attached hydrogen (secondary N) is 1. The van der Waals surface area contributed by atoms with Crippen molar-refractivity contribution in [2.24, 2.45) is 0 Å². The first kappa shape index (κ1) is 20.1. The lowest BCUT2D eigenvalue weighted by Crippen LogP contribution is -2.22. The third kappa shape index (κ3) is 4.25. The summed E-state index contributed by atoms with van der Waals surface area (Å²) in [5.41, 5.74) is 1.60. The third-order valence-corrected chi connectivity index (χ3v) is 6.08. The van der Waals surface area contributed by atoms with Crippen LogP contribution in [0.4, 0.5) is 11.6 Å². The number of halogens is 2. The lowest BCUT2D eigenvalue weighted by atomic mass is 10.0. The topological polar surface area (TPSA) is 74.2 Å². The number of pyridine rings is 1. The van der Waals surface area contributed by atoms with Crippen LogP contribution < -0.4 is 10.2 Å². The van der Waals surface area contributed by atoms with Crippen LogP contribution in [0, 0.1) is 0 Å². The van der Waals surface area contributed by atoms with Gasteiger partial charge in [0.1, 0.15) is 11.5 Å². The Kier molecular flexibility index (Phi) is 6.04. The van der Waals surface area contributed by atoms with E-state index in [1.54, 1.807) is 6.20 Å². The second-order valence-electron chi connectivity index (χ2n) is 7.38. The van der Waals surface area contributed by atoms with Crippen molar-refractivity contribution in [2.75, 3.05) is 30.4 Å². The van der Waals surface area contributed by atoms with E-state index in [9.17, 15) is 5.11 Å². The SMILES string of the molecule is CN(CCO)c1cc(-c2nnc(NC3CCCC3)c3cc(Cl)c(Cl)cc23)ccn1. The van der Waals surface area contributed by atoms with Crippen LogP contribution >= 0.6 is 23.2 Å². The van der Waals surface area contributed by atoms with Crippen LogP contribution in [-0.4, -0.2) is 46.5 Å². The Balaban J connectivity index is 1.81. The maximum atomic E-state index is 9.20. The molecule has 2 heterocycles. The predicted molar refractivity (Wildman–Crippen MR) is 119 cm³/mol. The van der Waals surface area contributed by atoms with Crippen LogP contribution in [0.15, 0.2) is 30.5 Å². The number of aliphatic hydroxyl groups is 1. The molecular formula is C21H23Cl2N5O. The Bertz CT molecular complexity index is 1020. The molecule has 0 radical (unpaired) electrons. The lowest BCUT2D eigenvalue weighted by molar-refractivity contribution is 0.304. The van der Waals surface area contributed by atoms with Crippen LogP contribution in [-0.2, 0) is 0 Å². The lowest BCUT2D eigenvalue weighted by Gasteiger charge is -2.18. The second kappa shape index (κ2) is 8.69. The van der Waals surface area contributed by atoms with Crippen molar-refractivity contribution in [3.63, 3.8) is 0 Å². The van der Waals surface area contributed by atoms with Crippen LogP contribution in [0.2, 0.25) is 10.0 Å². The van der Waals surface area contributed by atoms with Gasteiger partial charge in [-0.3, -0.25) is 0 Å². The van der Waals surface area contributed by atoms with Crippen molar-refractivity contribution in [3.8, 4) is 11.3 Å². The monoisotopic (exact) mass is 431 g/mol. The standard InChI is InChI=1S/C21H23Cl2N5O/c1-28(8-9-29)19-10-13(6-7-24-19)20-15-11-17(22)18(23)12-16(15)21(27-26-20)25-14-4-2-3-5-14/h6-7,10-12,14,29H,2-5,8-9H2,1H3,(H,25,27). The van der Waals surface area contributed by atoms with Gasteiger partial charge < -0.3 is 15.3 Å². The Labute approximate surface area is 179 Å². The molecule has 1 fully saturated rings. The molecule has 0 atom stereocenters. The molecule has 152 valence electrons. The van der Waals surface area contributed by atoms with Crippen molar-refractivity contribution in [3.05, 3.63) is 40.5 Å². The molecule has 0 spiro atoms. The smallest absolute Gasteiger partial charge is 0.156 e. The molecule has 0 bridgehead atoms. The highest BCUT2D eigenvalue weighted by molar-refractivity contribution is 6.43. The largest absolute Gasteiger partial charge is 0.395 e. The quantitative estimate of drug-likeness (QED) is 0.584. The van der Waals surface area contributed by atoms with E-state index in [4.69, 9.17) is 23.2 Å². The molecule has 1 aliphatic carbocycles. The number of rotatable bonds is 6. The highest BCUT2D eigenvalue weighted by atomic mass is 35.5. The van der Waals surface area contributed by atoms with Crippen molar-refractivity contribution in [1.82, 2.24) is 15.2 Å². The fourth-order valence-electron chi connectivity index (χ4n) is 3.77. The molecule has 1 saturated carbocycles. The van der Waals surface area contributed by atoms with E-state index in [0.29, 0.717) is 22.6 Å². The maximum absolute atomic E-state index is 9.20. The molecule has 1 aliphatic rings. The normalized spacial score (nSPS) is 14.5. The molecule has 2 N–H and O–H groups in total. The second-order valence-corrected chi connectivity index (χ2v) is 8.20. The van der Waals surface area contributed by atoms with E-state index in [2.05, 4.69) is 20.5 Å². The number of nitrogens with zero attached hydrogens (tertiary/aromatic N) is 4. The van der Waals surface area contributed by atoms with E-state index in [1.165, 1.54) is 12.8 Å². The maximum Gasteiger partial charge on any atom is 0.156 e. The summed E-state index contributed by atoms with van der Waals surface area (Å²) in [5.74, 6) is 1.49. The van der Waals surface area contributed by atoms with E-state index >= 15 is 0 Å². The number of anilines is 2. The number of aliphatic hydroxyl groups excluding tert-OH is 1. The van der Waals surface area contributed by atoms with Gasteiger partial charge in [-0.25, -0.2) is 4.98 Å². The van der Waals surface area contributed by atoms with Crippen molar-refractivity contribution in [1.29, 1.82) is 0 Å². The molecule has 0 amide bonds. The number of aromatic nitrogens is 3.